The summed E-state index contributed by atoms with van der Waals surface area (Å²) in [6.45, 7) is 6.60. The van der Waals surface area contributed by atoms with E-state index in [2.05, 4.69) is 50.2 Å². The predicted molar refractivity (Wildman–Crippen MR) is 110 cm³/mol. The van der Waals surface area contributed by atoms with E-state index < -0.39 is 0 Å². The Hall–Kier alpha value is -2.54. The Morgan fingerprint density at radius 2 is 1.69 bits per heavy atom. The molecule has 7 heteroatoms. The Balaban J connectivity index is 1.13. The van der Waals surface area contributed by atoms with Crippen molar-refractivity contribution in [1.29, 1.82) is 0 Å². The summed E-state index contributed by atoms with van der Waals surface area (Å²) < 4.78 is 10.8. The summed E-state index contributed by atoms with van der Waals surface area (Å²) in [5, 5.41) is 3.79. The fourth-order valence-electron chi connectivity index (χ4n) is 5.01. The second-order valence-electron chi connectivity index (χ2n) is 8.50. The number of esters is 1. The molecule has 0 saturated carbocycles. The fraction of sp³-hybridized carbons (Fsp3) is 0.545. The summed E-state index contributed by atoms with van der Waals surface area (Å²) in [5.74, 6) is 0.00962. The number of ether oxygens (including phenoxy) is 1. The van der Waals surface area contributed by atoms with Gasteiger partial charge in [-0.1, -0.05) is 23.4 Å². The summed E-state index contributed by atoms with van der Waals surface area (Å²) >= 11 is 0. The maximum absolute atomic E-state index is 12.7. The number of cyclic esters (lactones) is 1. The number of hydrogen-bond donors (Lipinski definition) is 0. The molecule has 154 valence electrons. The van der Waals surface area contributed by atoms with Crippen molar-refractivity contribution in [3.63, 3.8) is 0 Å². The Bertz CT molecular complexity index is 810. The van der Waals surface area contributed by atoms with Gasteiger partial charge in [-0.25, -0.2) is 0 Å². The minimum absolute atomic E-state index is 0.00962. The highest BCUT2D eigenvalue weighted by Gasteiger charge is 2.50. The topological polar surface area (TPSA) is 62.1 Å². The van der Waals surface area contributed by atoms with Crippen LogP contribution >= 0.6 is 0 Å². The lowest BCUT2D eigenvalue weighted by atomic mass is 9.76. The molecule has 3 fully saturated rings. The molecule has 0 aliphatic carbocycles. The van der Waals surface area contributed by atoms with E-state index in [-0.39, 0.29) is 17.5 Å². The van der Waals surface area contributed by atoms with E-state index in [1.807, 2.05) is 0 Å². The molecule has 3 aliphatic heterocycles. The summed E-state index contributed by atoms with van der Waals surface area (Å²) in [7, 11) is 0. The molecule has 1 aromatic carbocycles. The molecule has 5 rings (SSSR count). The predicted octanol–water partition coefficient (Wildman–Crippen LogP) is 2.40. The van der Waals surface area contributed by atoms with E-state index in [1.165, 1.54) is 5.69 Å². The van der Waals surface area contributed by atoms with Crippen LogP contribution in [0.5, 0.6) is 0 Å². The summed E-state index contributed by atoms with van der Waals surface area (Å²) in [4.78, 5) is 19.9. The largest absolute Gasteiger partial charge is 0.461 e. The number of piperidine rings is 1. The maximum atomic E-state index is 12.7. The van der Waals surface area contributed by atoms with E-state index in [4.69, 9.17) is 9.26 Å². The SMILES string of the molecule is O=C1OC(CN2CCN(c3ccccc3)CC2)CC12CCN(c1cnoc1)CC2. The van der Waals surface area contributed by atoms with Gasteiger partial charge in [0.15, 0.2) is 0 Å². The molecule has 3 saturated heterocycles. The van der Waals surface area contributed by atoms with Crippen LogP contribution in [0.15, 0.2) is 47.3 Å². The van der Waals surface area contributed by atoms with E-state index in [1.54, 1.807) is 12.5 Å². The van der Waals surface area contributed by atoms with Gasteiger partial charge in [-0.2, -0.15) is 0 Å². The second-order valence-corrected chi connectivity index (χ2v) is 8.50. The molecule has 0 N–H and O–H groups in total. The normalized spacial score (nSPS) is 24.8. The van der Waals surface area contributed by atoms with Gasteiger partial charge < -0.3 is 19.1 Å². The molecule has 0 bridgehead atoms. The highest BCUT2D eigenvalue weighted by molar-refractivity contribution is 5.79. The molecule has 0 amide bonds. The van der Waals surface area contributed by atoms with Crippen LogP contribution in [-0.2, 0) is 9.53 Å². The quantitative estimate of drug-likeness (QED) is 0.736. The molecule has 4 heterocycles. The fourth-order valence-corrected chi connectivity index (χ4v) is 5.01. The van der Waals surface area contributed by atoms with Gasteiger partial charge in [-0.15, -0.1) is 0 Å². The van der Waals surface area contributed by atoms with Crippen molar-refractivity contribution in [1.82, 2.24) is 10.1 Å². The monoisotopic (exact) mass is 396 g/mol. The van der Waals surface area contributed by atoms with Crippen molar-refractivity contribution in [3.05, 3.63) is 42.8 Å². The van der Waals surface area contributed by atoms with Crippen LogP contribution in [0.3, 0.4) is 0 Å². The van der Waals surface area contributed by atoms with Gasteiger partial charge in [0.05, 0.1) is 17.3 Å². The first kappa shape index (κ1) is 18.5. The van der Waals surface area contributed by atoms with Crippen molar-refractivity contribution in [2.24, 2.45) is 5.41 Å². The molecule has 0 radical (unpaired) electrons. The van der Waals surface area contributed by atoms with E-state index in [0.717, 1.165) is 70.8 Å². The number of para-hydroxylation sites is 1. The molecular formula is C22H28N4O3. The lowest BCUT2D eigenvalue weighted by molar-refractivity contribution is -0.150. The number of benzene rings is 1. The Kier molecular flexibility index (Phi) is 4.91. The number of nitrogens with zero attached hydrogens (tertiary/aromatic N) is 4. The number of carbonyl (C=O) groups is 1. The van der Waals surface area contributed by atoms with Crippen LogP contribution < -0.4 is 9.80 Å². The van der Waals surface area contributed by atoms with Crippen LogP contribution in [0, 0.1) is 5.41 Å². The average Bonchev–Trinajstić information content (AvgIpc) is 3.39. The van der Waals surface area contributed by atoms with Gasteiger partial charge >= 0.3 is 5.97 Å². The van der Waals surface area contributed by atoms with Gasteiger partial charge in [-0.05, 0) is 25.0 Å². The maximum Gasteiger partial charge on any atom is 0.312 e. The van der Waals surface area contributed by atoms with E-state index in [0.29, 0.717) is 0 Å². The van der Waals surface area contributed by atoms with Crippen LogP contribution in [0.4, 0.5) is 11.4 Å². The van der Waals surface area contributed by atoms with Crippen molar-refractivity contribution in [2.75, 3.05) is 55.6 Å². The number of piperazine rings is 1. The average molecular weight is 396 g/mol. The zero-order valence-corrected chi connectivity index (χ0v) is 16.7. The lowest BCUT2D eigenvalue weighted by Crippen LogP contribution is -2.48. The van der Waals surface area contributed by atoms with Gasteiger partial charge in [0.1, 0.15) is 12.4 Å². The zero-order valence-electron chi connectivity index (χ0n) is 16.7. The van der Waals surface area contributed by atoms with Crippen molar-refractivity contribution in [2.45, 2.75) is 25.4 Å². The van der Waals surface area contributed by atoms with Gasteiger partial charge in [0, 0.05) is 57.9 Å². The minimum Gasteiger partial charge on any atom is -0.461 e. The number of anilines is 2. The number of carbonyl (C=O) groups excluding carboxylic acids is 1. The van der Waals surface area contributed by atoms with Gasteiger partial charge in [0.2, 0.25) is 0 Å². The van der Waals surface area contributed by atoms with Crippen LogP contribution in [0.2, 0.25) is 0 Å². The van der Waals surface area contributed by atoms with Crippen LogP contribution in [0.25, 0.3) is 0 Å². The Labute approximate surface area is 171 Å². The van der Waals surface area contributed by atoms with Crippen molar-refractivity contribution >= 4 is 17.3 Å². The third-order valence-electron chi connectivity index (χ3n) is 6.79. The van der Waals surface area contributed by atoms with Crippen molar-refractivity contribution < 1.29 is 14.1 Å². The second kappa shape index (κ2) is 7.71. The molecule has 3 aliphatic rings. The lowest BCUT2D eigenvalue weighted by Gasteiger charge is -2.38. The molecular weight excluding hydrogens is 368 g/mol. The number of rotatable bonds is 4. The molecule has 1 aromatic heterocycles. The van der Waals surface area contributed by atoms with Crippen molar-refractivity contribution in [3.8, 4) is 0 Å². The van der Waals surface area contributed by atoms with Gasteiger partial charge in [0.25, 0.3) is 0 Å². The number of aromatic nitrogens is 1. The summed E-state index contributed by atoms with van der Waals surface area (Å²) in [6, 6.07) is 10.6. The smallest absolute Gasteiger partial charge is 0.312 e. The van der Waals surface area contributed by atoms with Gasteiger partial charge in [-0.3, -0.25) is 9.69 Å². The summed E-state index contributed by atoms with van der Waals surface area (Å²) in [5.41, 5.74) is 1.99. The minimum atomic E-state index is -0.301. The summed E-state index contributed by atoms with van der Waals surface area (Å²) in [6.07, 6.45) is 5.96. The zero-order chi connectivity index (χ0) is 19.7. The Morgan fingerprint density at radius 1 is 0.966 bits per heavy atom. The third-order valence-corrected chi connectivity index (χ3v) is 6.79. The number of hydrogen-bond acceptors (Lipinski definition) is 7. The highest BCUT2D eigenvalue weighted by Crippen LogP contribution is 2.44. The van der Waals surface area contributed by atoms with Crippen LogP contribution in [0.1, 0.15) is 19.3 Å². The first-order valence-corrected chi connectivity index (χ1v) is 10.6. The Morgan fingerprint density at radius 3 is 2.38 bits per heavy atom. The molecule has 2 aromatic rings. The molecule has 29 heavy (non-hydrogen) atoms. The highest BCUT2D eigenvalue weighted by atomic mass is 16.6. The molecule has 7 nitrogen and oxygen atoms in total. The molecule has 1 atom stereocenters. The first-order valence-electron chi connectivity index (χ1n) is 10.6. The third kappa shape index (κ3) is 3.71. The van der Waals surface area contributed by atoms with Crippen LogP contribution in [-0.4, -0.2) is 67.9 Å². The van der Waals surface area contributed by atoms with E-state index >= 15 is 0 Å². The first-order chi connectivity index (χ1) is 14.2. The van der Waals surface area contributed by atoms with E-state index in [9.17, 15) is 4.79 Å². The molecule has 1 unspecified atom stereocenters. The standard InChI is InChI=1S/C22H28N4O3/c27-21-22(6-8-25(9-7-22)19-15-23-28-17-19)14-20(29-21)16-24-10-12-26(13-11-24)18-4-2-1-3-5-18/h1-5,15,17,20H,6-14,16H2. The molecule has 1 spiro atoms.